The summed E-state index contributed by atoms with van der Waals surface area (Å²) in [6, 6.07) is 27.2. The average molecular weight is 624 g/mol. The Morgan fingerprint density at radius 2 is 1.59 bits per heavy atom. The normalized spacial score (nSPS) is 26.8. The van der Waals surface area contributed by atoms with E-state index in [-0.39, 0.29) is 22.8 Å². The molecule has 4 nitrogen and oxygen atoms in total. The second kappa shape index (κ2) is 10.2. The summed E-state index contributed by atoms with van der Waals surface area (Å²) in [6.45, 7) is 6.85. The van der Waals surface area contributed by atoms with Gasteiger partial charge < -0.3 is 0 Å². The molecule has 3 aromatic carbocycles. The van der Waals surface area contributed by atoms with E-state index < -0.39 is 19.3 Å². The molecule has 6 rings (SSSR count). The Morgan fingerprint density at radius 3 is 2.15 bits per heavy atom. The minimum atomic E-state index is -3.28. The summed E-state index contributed by atoms with van der Waals surface area (Å²) in [4.78, 5) is 14.4. The quantitative estimate of drug-likeness (QED) is 0.221. The summed E-state index contributed by atoms with van der Waals surface area (Å²) in [5.41, 5.74) is 1.43. The monoisotopic (exact) mass is 622 g/mol. The Bertz CT molecular complexity index is 1360. The first-order chi connectivity index (χ1) is 18.7. The lowest BCUT2D eigenvalue weighted by Gasteiger charge is -2.39. The van der Waals surface area contributed by atoms with Crippen LogP contribution in [-0.4, -0.2) is 22.0 Å². The molecule has 1 heterocycles. The molecule has 0 aromatic heterocycles. The van der Waals surface area contributed by atoms with Crippen molar-refractivity contribution in [2.45, 2.75) is 52.1 Å². The van der Waals surface area contributed by atoms with Gasteiger partial charge in [0.25, 0.3) is 0 Å². The molecule has 3 aliphatic rings. The summed E-state index contributed by atoms with van der Waals surface area (Å²) >= 11 is 5.28. The van der Waals surface area contributed by atoms with Crippen molar-refractivity contribution >= 4 is 51.7 Å². The minimum Gasteiger partial charge on any atom is -0.297 e. The number of carbonyl (C=O) groups is 1. The van der Waals surface area contributed by atoms with Crippen LogP contribution in [0.4, 0.5) is 0 Å². The topological polar surface area (TPSA) is 49.4 Å². The molecular weight excluding hydrogens is 587 g/mol. The number of amides is 1. The molecule has 0 radical (unpaired) electrons. The van der Waals surface area contributed by atoms with Crippen molar-refractivity contribution in [2.24, 2.45) is 22.7 Å². The van der Waals surface area contributed by atoms with Gasteiger partial charge in [-0.1, -0.05) is 85.2 Å². The zero-order valence-corrected chi connectivity index (χ0v) is 26.0. The Balaban J connectivity index is 1.37. The Kier molecular flexibility index (Phi) is 7.15. The van der Waals surface area contributed by atoms with Gasteiger partial charge in [0.1, 0.15) is 0 Å². The largest absolute Gasteiger partial charge is 0.297 e. The van der Waals surface area contributed by atoms with E-state index in [4.69, 9.17) is 0 Å². The number of carbonyl (C=O) groups excluding carboxylic acids is 1. The zero-order chi connectivity index (χ0) is 27.4. The first kappa shape index (κ1) is 27.3. The molecule has 1 amide bonds. The van der Waals surface area contributed by atoms with Crippen molar-refractivity contribution in [3.8, 4) is 0 Å². The second-order valence-electron chi connectivity index (χ2n) is 12.0. The van der Waals surface area contributed by atoms with Crippen molar-refractivity contribution in [1.29, 1.82) is 0 Å². The van der Waals surface area contributed by atoms with Crippen molar-refractivity contribution in [1.82, 2.24) is 9.39 Å². The molecule has 3 aromatic rings. The lowest BCUT2D eigenvalue weighted by molar-refractivity contribution is -0.133. The van der Waals surface area contributed by atoms with E-state index in [1.807, 2.05) is 91.9 Å². The fourth-order valence-corrected chi connectivity index (χ4v) is 12.1. The number of nitrogens with one attached hydrogen (secondary N) is 1. The highest BCUT2D eigenvalue weighted by Crippen LogP contribution is 2.71. The smallest absolute Gasteiger partial charge is 0.237 e. The number of hydrogen-bond donors (Lipinski definition) is 1. The molecule has 2 saturated carbocycles. The molecule has 39 heavy (non-hydrogen) atoms. The molecule has 3 fully saturated rings. The van der Waals surface area contributed by atoms with Crippen molar-refractivity contribution < 1.29 is 9.36 Å². The van der Waals surface area contributed by atoms with Gasteiger partial charge >= 0.3 is 0 Å². The van der Waals surface area contributed by atoms with Gasteiger partial charge in [0.15, 0.2) is 0 Å². The third-order valence-corrected chi connectivity index (χ3v) is 14.6. The van der Waals surface area contributed by atoms with Gasteiger partial charge in [-0.25, -0.2) is 0 Å². The van der Waals surface area contributed by atoms with Gasteiger partial charge in [-0.3, -0.25) is 18.8 Å². The van der Waals surface area contributed by atoms with Crippen LogP contribution in [0.1, 0.15) is 51.6 Å². The fourth-order valence-electron chi connectivity index (χ4n) is 7.45. The molecular formula is C32H36BrN2O2PS. The van der Waals surface area contributed by atoms with E-state index in [0.29, 0.717) is 5.92 Å². The number of fused-ring (bicyclic) bond motifs is 1. The molecule has 204 valence electrons. The highest BCUT2D eigenvalue weighted by atomic mass is 79.9. The highest BCUT2D eigenvalue weighted by Gasteiger charge is 2.68. The third kappa shape index (κ3) is 4.38. The summed E-state index contributed by atoms with van der Waals surface area (Å²) < 4.78 is 18.1. The van der Waals surface area contributed by atoms with E-state index in [1.165, 1.54) is 12.8 Å². The fraction of sp³-hybridized carbons (Fsp3) is 0.406. The van der Waals surface area contributed by atoms with Gasteiger partial charge in [0, 0.05) is 26.2 Å². The van der Waals surface area contributed by atoms with E-state index in [9.17, 15) is 4.79 Å². The van der Waals surface area contributed by atoms with Crippen molar-refractivity contribution in [3.05, 3.63) is 95.0 Å². The van der Waals surface area contributed by atoms with E-state index in [1.54, 1.807) is 11.9 Å². The molecule has 2 aliphatic carbocycles. The van der Waals surface area contributed by atoms with Crippen molar-refractivity contribution in [3.63, 3.8) is 0 Å². The molecule has 1 saturated heterocycles. The SMILES string of the molecule is C[C@@H](C(=O)N1SC[C@@]23CC[C@@H](C[C@H]12)C3(C)C)[C@@H](NP(=O)(c1ccccc1)c1ccccc1)c1ccc(Br)cc1. The molecule has 0 unspecified atom stereocenters. The van der Waals surface area contributed by atoms with Crippen LogP contribution in [0.2, 0.25) is 0 Å². The predicted octanol–water partition coefficient (Wildman–Crippen LogP) is 7.33. The van der Waals surface area contributed by atoms with Crippen LogP contribution in [-0.2, 0) is 9.36 Å². The number of nitrogens with zero attached hydrogens (tertiary/aromatic N) is 1. The number of benzene rings is 3. The maximum absolute atomic E-state index is 15.0. The molecule has 1 spiro atoms. The number of rotatable bonds is 7. The maximum atomic E-state index is 15.0. The van der Waals surface area contributed by atoms with Crippen LogP contribution < -0.4 is 15.7 Å². The highest BCUT2D eigenvalue weighted by molar-refractivity contribution is 9.10. The van der Waals surface area contributed by atoms with Gasteiger partial charge in [-0.05, 0) is 84.5 Å². The zero-order valence-electron chi connectivity index (χ0n) is 22.7. The average Bonchev–Trinajstić information content (AvgIpc) is 3.55. The summed E-state index contributed by atoms with van der Waals surface area (Å²) in [6.07, 6.45) is 3.59. The van der Waals surface area contributed by atoms with Crippen LogP contribution >= 0.6 is 35.2 Å². The molecule has 1 N–H and O–H groups in total. The minimum absolute atomic E-state index is 0.137. The molecule has 2 bridgehead atoms. The molecule has 5 atom stereocenters. The first-order valence-electron chi connectivity index (χ1n) is 13.9. The van der Waals surface area contributed by atoms with E-state index in [0.717, 1.165) is 32.8 Å². The predicted molar refractivity (Wildman–Crippen MR) is 166 cm³/mol. The van der Waals surface area contributed by atoms with Crippen LogP contribution in [0.5, 0.6) is 0 Å². The van der Waals surface area contributed by atoms with Crippen LogP contribution in [0.3, 0.4) is 0 Å². The Hall–Kier alpha value is -1.85. The van der Waals surface area contributed by atoms with Gasteiger partial charge in [-0.2, -0.15) is 0 Å². The number of halogens is 1. The van der Waals surface area contributed by atoms with Gasteiger partial charge in [0.2, 0.25) is 13.2 Å². The lowest BCUT2D eigenvalue weighted by atomic mass is 9.69. The second-order valence-corrected chi connectivity index (χ2v) is 16.4. The first-order valence-corrected chi connectivity index (χ1v) is 17.3. The van der Waals surface area contributed by atoms with Crippen molar-refractivity contribution in [2.75, 3.05) is 5.75 Å². The van der Waals surface area contributed by atoms with E-state index in [2.05, 4.69) is 39.2 Å². The van der Waals surface area contributed by atoms with Gasteiger partial charge in [0.05, 0.1) is 18.0 Å². The Labute approximate surface area is 245 Å². The lowest BCUT2D eigenvalue weighted by Crippen LogP contribution is -2.46. The molecule has 7 heteroatoms. The standard InChI is InChI=1S/C32H36BrN2O2PS/c1-22(30(36)35-28-20-24-18-19-32(28,21-39-35)31(24,2)3)29(23-14-16-25(33)17-15-23)34-38(37,26-10-6-4-7-11-26)27-12-8-5-9-13-27/h4-17,22,24,28-29H,18-21H2,1-3H3,(H,34,37)/t22-,24+,28+,29-,32+/m1/s1. The summed E-state index contributed by atoms with van der Waals surface area (Å²) in [7, 11) is -3.28. The van der Waals surface area contributed by atoms with E-state index >= 15 is 4.57 Å². The van der Waals surface area contributed by atoms with Gasteiger partial charge in [-0.15, -0.1) is 0 Å². The maximum Gasteiger partial charge on any atom is 0.237 e. The molecule has 1 aliphatic heterocycles. The van der Waals surface area contributed by atoms with Crippen LogP contribution in [0.15, 0.2) is 89.4 Å². The summed E-state index contributed by atoms with van der Waals surface area (Å²) in [5, 5.41) is 5.07. The van der Waals surface area contributed by atoms with Crippen LogP contribution in [0, 0.1) is 22.7 Å². The number of hydrogen-bond acceptors (Lipinski definition) is 3. The van der Waals surface area contributed by atoms with Crippen LogP contribution in [0.25, 0.3) is 0 Å². The third-order valence-electron chi connectivity index (χ3n) is 10.0. The Morgan fingerprint density at radius 1 is 1.00 bits per heavy atom. The summed E-state index contributed by atoms with van der Waals surface area (Å²) in [5.74, 6) is 1.43.